The second kappa shape index (κ2) is 22.2. The van der Waals surface area contributed by atoms with Crippen molar-refractivity contribution in [3.63, 3.8) is 0 Å². The van der Waals surface area contributed by atoms with Gasteiger partial charge in [-0.05, 0) is 79.2 Å². The molecule has 0 aliphatic carbocycles. The van der Waals surface area contributed by atoms with Gasteiger partial charge in [0.15, 0.2) is 0 Å². The van der Waals surface area contributed by atoms with Crippen LogP contribution in [0.4, 0.5) is 0 Å². The third kappa shape index (κ3) is 9.86. The fourth-order valence-electron chi connectivity index (χ4n) is 10.5. The Morgan fingerprint density at radius 3 is 1.68 bits per heavy atom. The predicted molar refractivity (Wildman–Crippen MR) is 313 cm³/mol. The molecule has 0 saturated carbocycles. The van der Waals surface area contributed by atoms with Crippen molar-refractivity contribution in [1.82, 2.24) is 19.5 Å². The van der Waals surface area contributed by atoms with Crippen molar-refractivity contribution in [3.05, 3.63) is 266 Å². The van der Waals surface area contributed by atoms with Gasteiger partial charge in [-0.3, -0.25) is 4.98 Å². The van der Waals surface area contributed by atoms with Crippen LogP contribution in [0, 0.1) is 18.2 Å². The summed E-state index contributed by atoms with van der Waals surface area (Å²) in [6.07, 6.45) is 7.71. The zero-order valence-corrected chi connectivity index (χ0v) is 45.6. The average Bonchev–Trinajstić information content (AvgIpc) is 4.16. The molecule has 0 atom stereocenters. The van der Waals surface area contributed by atoms with Gasteiger partial charge in [0, 0.05) is 41.2 Å². The van der Waals surface area contributed by atoms with E-state index in [1.807, 2.05) is 67.1 Å². The van der Waals surface area contributed by atoms with E-state index in [0.29, 0.717) is 11.8 Å². The van der Waals surface area contributed by atoms with Gasteiger partial charge in [-0.15, -0.1) is 83.9 Å². The molecule has 9 aromatic carbocycles. The van der Waals surface area contributed by atoms with Crippen LogP contribution >= 0.6 is 0 Å². The smallest absolute Gasteiger partial charge is 0.500 e. The maximum absolute atomic E-state index is 6.58. The van der Waals surface area contributed by atoms with E-state index in [0.717, 1.165) is 83.5 Å². The van der Waals surface area contributed by atoms with Gasteiger partial charge < -0.3 is 19.0 Å². The van der Waals surface area contributed by atoms with Crippen LogP contribution in [0.15, 0.2) is 242 Å². The first-order chi connectivity index (χ1) is 37.4. The second-order valence-corrected chi connectivity index (χ2v) is 19.6. The van der Waals surface area contributed by atoms with E-state index < -0.39 is 0 Å². The van der Waals surface area contributed by atoms with E-state index in [1.165, 1.54) is 44.5 Å². The van der Waals surface area contributed by atoms with E-state index in [9.17, 15) is 0 Å². The Kier molecular flexibility index (Phi) is 14.5. The number of rotatable bonds is 10. The summed E-state index contributed by atoms with van der Waals surface area (Å²) in [4.78, 5) is 14.1. The van der Waals surface area contributed by atoms with Gasteiger partial charge in [0.2, 0.25) is 0 Å². The second-order valence-electron chi connectivity index (χ2n) is 19.6. The van der Waals surface area contributed by atoms with Crippen molar-refractivity contribution in [1.29, 1.82) is 0 Å². The Hall–Kier alpha value is -8.80. The van der Waals surface area contributed by atoms with Crippen LogP contribution in [0.25, 0.3) is 117 Å². The Morgan fingerprint density at radius 1 is 0.429 bits per heavy atom. The molecule has 5 nitrogen and oxygen atoms in total. The minimum absolute atomic E-state index is 0. The SMILES string of the molecule is CC(C)c1cccc(C(C)C)c1-n1ccnc1-c1[c-]ccc2c1oc1c3ccccc3ccc21.[Ir+3].[c-]1cc(-c2ccccc2-c2ccccc2-c2ccccc2-c2ccc(-c3[c-]cccc3)nc2)ccc1-c1ccccn1. The molecule has 0 unspecified atom stereocenters. The summed E-state index contributed by atoms with van der Waals surface area (Å²) in [5.41, 5.74) is 19.5. The number of benzene rings is 9. The van der Waals surface area contributed by atoms with Gasteiger partial charge in [-0.2, -0.15) is 0 Å². The molecule has 0 aliphatic rings. The summed E-state index contributed by atoms with van der Waals surface area (Å²) in [5, 5.41) is 4.50. The number of hydrogen-bond donors (Lipinski definition) is 0. The van der Waals surface area contributed by atoms with E-state index >= 15 is 0 Å². The number of nitrogens with zero attached hydrogens (tertiary/aromatic N) is 4. The van der Waals surface area contributed by atoms with Crippen LogP contribution in [0.2, 0.25) is 0 Å². The van der Waals surface area contributed by atoms with Gasteiger partial charge >= 0.3 is 20.1 Å². The standard InChI is InChI=1S/C40H26N2.C31H27N2O.Ir/c1-2-12-30(13-3-1)40-26-25-32(28-42-40)34-15-5-7-17-36(34)38-19-9-8-18-37(38)35-16-6-4-14-33(35)29-21-23-31(24-22-29)39-20-10-11-27-41-39;1-19(2)22-11-7-12-23(20(3)4)28(22)33-18-17-32-31(33)27-14-8-13-25-26-16-15-21-9-5-6-10-24(21)29(26)34-30(25)27;/h1-12,14-23,25-28H;5-13,15-20H,1-4H3;/q-2;-1;+3. The molecule has 0 radical (unpaired) electrons. The van der Waals surface area contributed by atoms with Crippen molar-refractivity contribution in [2.45, 2.75) is 39.5 Å². The molecular formula is C71H53IrN4O. The topological polar surface area (TPSA) is 56.7 Å². The normalized spacial score (nSPS) is 11.2. The molecule has 6 heteroatoms. The molecule has 0 spiro atoms. The summed E-state index contributed by atoms with van der Waals surface area (Å²) in [5.74, 6) is 1.63. The van der Waals surface area contributed by atoms with Crippen molar-refractivity contribution in [2.24, 2.45) is 0 Å². The molecule has 0 amide bonds. The number of para-hydroxylation sites is 1. The van der Waals surface area contributed by atoms with Crippen molar-refractivity contribution >= 4 is 32.7 Å². The zero-order valence-electron chi connectivity index (χ0n) is 43.2. The number of imidazole rings is 1. The molecule has 4 heterocycles. The summed E-state index contributed by atoms with van der Waals surface area (Å²) in [6.45, 7) is 8.99. The molecule has 4 aromatic heterocycles. The number of pyridine rings is 2. The van der Waals surface area contributed by atoms with E-state index in [-0.39, 0.29) is 20.1 Å². The summed E-state index contributed by atoms with van der Waals surface area (Å²) in [6, 6.07) is 83.8. The molecule has 13 rings (SSSR count). The van der Waals surface area contributed by atoms with Crippen molar-refractivity contribution in [3.8, 4) is 84.1 Å². The first kappa shape index (κ1) is 50.4. The van der Waals surface area contributed by atoms with Crippen LogP contribution in [0.3, 0.4) is 0 Å². The van der Waals surface area contributed by atoms with Crippen LogP contribution in [-0.2, 0) is 20.1 Å². The number of aromatic nitrogens is 4. The van der Waals surface area contributed by atoms with E-state index in [4.69, 9.17) is 14.4 Å². The fraction of sp³-hybridized carbons (Fsp3) is 0.0845. The third-order valence-corrected chi connectivity index (χ3v) is 14.3. The molecule has 0 bridgehead atoms. The number of fused-ring (bicyclic) bond motifs is 5. The Bertz CT molecular complexity index is 3990. The molecule has 77 heavy (non-hydrogen) atoms. The average molecular weight is 1170 g/mol. The van der Waals surface area contributed by atoms with Crippen LogP contribution < -0.4 is 0 Å². The van der Waals surface area contributed by atoms with Crippen LogP contribution in [-0.4, -0.2) is 19.5 Å². The van der Waals surface area contributed by atoms with Crippen LogP contribution in [0.1, 0.15) is 50.7 Å². The maximum Gasteiger partial charge on any atom is 3.00 e. The molecule has 0 saturated heterocycles. The quantitative estimate of drug-likeness (QED) is 0.128. The van der Waals surface area contributed by atoms with Gasteiger partial charge in [-0.1, -0.05) is 201 Å². The van der Waals surface area contributed by atoms with Gasteiger partial charge in [0.05, 0.1) is 11.4 Å². The monoisotopic (exact) mass is 1170 g/mol. The molecular weight excluding hydrogens is 1120 g/mol. The molecule has 372 valence electrons. The summed E-state index contributed by atoms with van der Waals surface area (Å²) < 4.78 is 8.81. The van der Waals surface area contributed by atoms with Gasteiger partial charge in [-0.25, -0.2) is 0 Å². The maximum atomic E-state index is 6.58. The zero-order chi connectivity index (χ0) is 51.5. The largest absolute Gasteiger partial charge is 3.00 e. The molecule has 0 N–H and O–H groups in total. The molecule has 0 fully saturated rings. The van der Waals surface area contributed by atoms with Crippen molar-refractivity contribution in [2.75, 3.05) is 0 Å². The van der Waals surface area contributed by atoms with Gasteiger partial charge in [0.25, 0.3) is 0 Å². The fourth-order valence-corrected chi connectivity index (χ4v) is 10.5. The Balaban J connectivity index is 0.000000165. The minimum Gasteiger partial charge on any atom is -0.500 e. The minimum atomic E-state index is 0. The van der Waals surface area contributed by atoms with E-state index in [2.05, 4.69) is 225 Å². The molecule has 13 aromatic rings. The predicted octanol–water partition coefficient (Wildman–Crippen LogP) is 18.7. The summed E-state index contributed by atoms with van der Waals surface area (Å²) >= 11 is 0. The number of furan rings is 1. The summed E-state index contributed by atoms with van der Waals surface area (Å²) in [7, 11) is 0. The Morgan fingerprint density at radius 2 is 1.04 bits per heavy atom. The van der Waals surface area contributed by atoms with Gasteiger partial charge in [0.1, 0.15) is 5.58 Å². The van der Waals surface area contributed by atoms with E-state index in [1.54, 1.807) is 0 Å². The van der Waals surface area contributed by atoms with Crippen LogP contribution in [0.5, 0.6) is 0 Å². The first-order valence-corrected chi connectivity index (χ1v) is 26.0. The number of hydrogen-bond acceptors (Lipinski definition) is 4. The third-order valence-electron chi connectivity index (χ3n) is 14.3. The van der Waals surface area contributed by atoms with Crippen molar-refractivity contribution < 1.29 is 24.5 Å². The first-order valence-electron chi connectivity index (χ1n) is 26.0. The Labute approximate surface area is 464 Å². The molecule has 0 aliphatic heterocycles.